The molecule has 0 fully saturated rings. The molecule has 6 heteroatoms. The molecule has 2 amide bonds. The van der Waals surface area contributed by atoms with Crippen LogP contribution in [0.5, 0.6) is 0 Å². The normalized spacial score (nSPS) is 18.4. The van der Waals surface area contributed by atoms with E-state index < -0.39 is 23.9 Å². The molecule has 1 aliphatic rings. The van der Waals surface area contributed by atoms with E-state index in [1.807, 2.05) is 0 Å². The number of rotatable bonds is 3. The van der Waals surface area contributed by atoms with E-state index >= 15 is 0 Å². The lowest BCUT2D eigenvalue weighted by atomic mass is 9.95. The Morgan fingerprint density at radius 3 is 2.85 bits per heavy atom. The summed E-state index contributed by atoms with van der Waals surface area (Å²) in [7, 11) is 0. The van der Waals surface area contributed by atoms with Crippen molar-refractivity contribution in [2.45, 2.75) is 19.9 Å². The van der Waals surface area contributed by atoms with E-state index in [0.717, 1.165) is 0 Å². The second kappa shape index (κ2) is 5.73. The molecule has 1 atom stereocenters. The van der Waals surface area contributed by atoms with Gasteiger partial charge in [0.25, 0.3) is 0 Å². The highest BCUT2D eigenvalue weighted by molar-refractivity contribution is 5.94. The first-order valence-electron chi connectivity index (χ1n) is 6.23. The Kier molecular flexibility index (Phi) is 4.02. The molecule has 0 radical (unpaired) electrons. The summed E-state index contributed by atoms with van der Waals surface area (Å²) in [6.07, 6.45) is 0. The fourth-order valence-electron chi connectivity index (χ4n) is 2.11. The number of esters is 1. The van der Waals surface area contributed by atoms with Gasteiger partial charge in [0.05, 0.1) is 18.2 Å². The molecule has 0 saturated heterocycles. The molecular formula is C14H15FN2O3. The van der Waals surface area contributed by atoms with Crippen molar-refractivity contribution >= 4 is 12.0 Å². The zero-order valence-corrected chi connectivity index (χ0v) is 11.2. The van der Waals surface area contributed by atoms with Crippen LogP contribution in [0.1, 0.15) is 25.5 Å². The van der Waals surface area contributed by atoms with Crippen molar-refractivity contribution in [3.05, 3.63) is 46.9 Å². The van der Waals surface area contributed by atoms with Gasteiger partial charge in [-0.1, -0.05) is 12.1 Å². The van der Waals surface area contributed by atoms with Gasteiger partial charge >= 0.3 is 12.0 Å². The highest BCUT2D eigenvalue weighted by atomic mass is 19.1. The molecule has 1 heterocycles. The first kappa shape index (κ1) is 14.0. The van der Waals surface area contributed by atoms with Crippen LogP contribution in [0, 0.1) is 5.82 Å². The molecule has 1 aromatic rings. The highest BCUT2D eigenvalue weighted by Crippen LogP contribution is 2.27. The van der Waals surface area contributed by atoms with Gasteiger partial charge in [-0.25, -0.2) is 14.0 Å². The largest absolute Gasteiger partial charge is 0.463 e. The SMILES string of the molecule is CCOC(=O)C1=C(C)NC(=O)N[C@@H]1c1cccc(F)c1. The third-order valence-electron chi connectivity index (χ3n) is 2.95. The van der Waals surface area contributed by atoms with Crippen LogP contribution in [-0.4, -0.2) is 18.6 Å². The van der Waals surface area contributed by atoms with E-state index in [1.165, 1.54) is 18.2 Å². The number of allylic oxidation sites excluding steroid dienone is 1. The van der Waals surface area contributed by atoms with Gasteiger partial charge in [0.15, 0.2) is 0 Å². The number of benzene rings is 1. The van der Waals surface area contributed by atoms with E-state index in [-0.39, 0.29) is 12.2 Å². The smallest absolute Gasteiger partial charge is 0.338 e. The summed E-state index contributed by atoms with van der Waals surface area (Å²) in [6, 6.07) is 4.59. The molecule has 5 nitrogen and oxygen atoms in total. The van der Waals surface area contributed by atoms with Crippen LogP contribution >= 0.6 is 0 Å². The Morgan fingerprint density at radius 2 is 2.20 bits per heavy atom. The molecule has 20 heavy (non-hydrogen) atoms. The van der Waals surface area contributed by atoms with Crippen LogP contribution in [-0.2, 0) is 9.53 Å². The van der Waals surface area contributed by atoms with Crippen LogP contribution in [0.2, 0.25) is 0 Å². The van der Waals surface area contributed by atoms with Gasteiger partial charge < -0.3 is 15.4 Å². The number of amides is 2. The van der Waals surface area contributed by atoms with Gasteiger partial charge in [-0.2, -0.15) is 0 Å². The summed E-state index contributed by atoms with van der Waals surface area (Å²) in [5.41, 5.74) is 1.17. The maximum absolute atomic E-state index is 13.3. The Bertz CT molecular complexity index is 584. The van der Waals surface area contributed by atoms with E-state index in [9.17, 15) is 14.0 Å². The minimum absolute atomic E-state index is 0.222. The maximum Gasteiger partial charge on any atom is 0.338 e. The molecule has 106 valence electrons. The Morgan fingerprint density at radius 1 is 1.45 bits per heavy atom. The van der Waals surface area contributed by atoms with Crippen LogP contribution in [0.4, 0.5) is 9.18 Å². The molecule has 2 N–H and O–H groups in total. The molecule has 0 unspecified atom stereocenters. The zero-order valence-electron chi connectivity index (χ0n) is 11.2. The minimum atomic E-state index is -0.724. The second-order valence-electron chi connectivity index (χ2n) is 4.35. The predicted octanol–water partition coefficient (Wildman–Crippen LogP) is 2.02. The van der Waals surface area contributed by atoms with Crippen LogP contribution in [0.3, 0.4) is 0 Å². The van der Waals surface area contributed by atoms with Crippen LogP contribution in [0.15, 0.2) is 35.5 Å². The van der Waals surface area contributed by atoms with Crippen molar-refractivity contribution in [2.75, 3.05) is 6.61 Å². The third-order valence-corrected chi connectivity index (χ3v) is 2.95. The topological polar surface area (TPSA) is 67.4 Å². The predicted molar refractivity (Wildman–Crippen MR) is 70.1 cm³/mol. The van der Waals surface area contributed by atoms with E-state index in [2.05, 4.69) is 10.6 Å². The molecule has 0 aromatic heterocycles. The molecule has 0 aliphatic carbocycles. The molecule has 1 aliphatic heterocycles. The number of carbonyl (C=O) groups is 2. The average molecular weight is 278 g/mol. The number of nitrogens with one attached hydrogen (secondary N) is 2. The van der Waals surface area contributed by atoms with Gasteiger partial charge in [0, 0.05) is 5.70 Å². The summed E-state index contributed by atoms with van der Waals surface area (Å²) in [5.74, 6) is -0.970. The van der Waals surface area contributed by atoms with E-state index in [4.69, 9.17) is 4.74 Å². The van der Waals surface area contributed by atoms with Crippen molar-refractivity contribution in [3.8, 4) is 0 Å². The molecule has 1 aromatic carbocycles. The molecule has 0 saturated carbocycles. The quantitative estimate of drug-likeness (QED) is 0.831. The summed E-state index contributed by atoms with van der Waals surface area (Å²) in [4.78, 5) is 23.6. The third kappa shape index (κ3) is 2.79. The summed E-state index contributed by atoms with van der Waals surface area (Å²) >= 11 is 0. The van der Waals surface area contributed by atoms with Gasteiger partial charge in [-0.3, -0.25) is 0 Å². The number of halogens is 1. The molecule has 0 bridgehead atoms. The lowest BCUT2D eigenvalue weighted by molar-refractivity contribution is -0.139. The summed E-state index contributed by atoms with van der Waals surface area (Å²) in [5, 5.41) is 5.12. The van der Waals surface area contributed by atoms with Crippen LogP contribution < -0.4 is 10.6 Å². The fourth-order valence-corrected chi connectivity index (χ4v) is 2.11. The Balaban J connectivity index is 2.44. The highest BCUT2D eigenvalue weighted by Gasteiger charge is 2.32. The monoisotopic (exact) mass is 278 g/mol. The lowest BCUT2D eigenvalue weighted by Gasteiger charge is -2.28. The second-order valence-corrected chi connectivity index (χ2v) is 4.35. The summed E-state index contributed by atoms with van der Waals surface area (Å²) in [6.45, 7) is 3.52. The average Bonchev–Trinajstić information content (AvgIpc) is 2.37. The van der Waals surface area contributed by atoms with Gasteiger partial charge in [-0.05, 0) is 31.5 Å². The standard InChI is InChI=1S/C14H15FN2O3/c1-3-20-13(18)11-8(2)16-14(19)17-12(11)9-5-4-6-10(15)7-9/h4-7,12H,3H2,1-2H3,(H2,16,17,19)/t12-/m1/s1. The maximum atomic E-state index is 13.3. The van der Waals surface area contributed by atoms with Crippen molar-refractivity contribution in [1.82, 2.24) is 10.6 Å². The van der Waals surface area contributed by atoms with Gasteiger partial charge in [0.1, 0.15) is 5.82 Å². The summed E-state index contributed by atoms with van der Waals surface area (Å²) < 4.78 is 18.3. The first-order valence-corrected chi connectivity index (χ1v) is 6.23. The molecule has 0 spiro atoms. The van der Waals surface area contributed by atoms with E-state index in [1.54, 1.807) is 19.9 Å². The lowest BCUT2D eigenvalue weighted by Crippen LogP contribution is -2.45. The Labute approximate surface area is 115 Å². The van der Waals surface area contributed by atoms with Crippen molar-refractivity contribution in [2.24, 2.45) is 0 Å². The number of carbonyl (C=O) groups excluding carboxylic acids is 2. The van der Waals surface area contributed by atoms with Crippen molar-refractivity contribution in [1.29, 1.82) is 0 Å². The van der Waals surface area contributed by atoms with Crippen molar-refractivity contribution < 1.29 is 18.7 Å². The van der Waals surface area contributed by atoms with E-state index in [0.29, 0.717) is 11.3 Å². The number of urea groups is 1. The number of hydrogen-bond donors (Lipinski definition) is 2. The van der Waals surface area contributed by atoms with Gasteiger partial charge in [-0.15, -0.1) is 0 Å². The fraction of sp³-hybridized carbons (Fsp3) is 0.286. The van der Waals surface area contributed by atoms with Gasteiger partial charge in [0.2, 0.25) is 0 Å². The zero-order chi connectivity index (χ0) is 14.7. The number of hydrogen-bond acceptors (Lipinski definition) is 3. The minimum Gasteiger partial charge on any atom is -0.463 e. The number of ether oxygens (including phenoxy) is 1. The van der Waals surface area contributed by atoms with Crippen molar-refractivity contribution in [3.63, 3.8) is 0 Å². The first-order chi connectivity index (χ1) is 9.52. The Hall–Kier alpha value is -2.37. The molecule has 2 rings (SSSR count). The van der Waals surface area contributed by atoms with Crippen LogP contribution in [0.25, 0.3) is 0 Å². The molecular weight excluding hydrogens is 263 g/mol.